The van der Waals surface area contributed by atoms with Crippen LogP contribution in [0.4, 0.5) is 5.82 Å². The molecule has 3 aromatic heterocycles. The predicted octanol–water partition coefficient (Wildman–Crippen LogP) is 3.65. The molecule has 5 nitrogen and oxygen atoms in total. The van der Waals surface area contributed by atoms with Gasteiger partial charge >= 0.3 is 0 Å². The minimum atomic E-state index is -0.0759. The van der Waals surface area contributed by atoms with E-state index < -0.39 is 0 Å². The Labute approximate surface area is 127 Å². The van der Waals surface area contributed by atoms with Crippen LogP contribution in [0.3, 0.4) is 0 Å². The van der Waals surface area contributed by atoms with Crippen LogP contribution in [-0.2, 0) is 11.2 Å². The second kappa shape index (κ2) is 6.24. The standard InChI is InChI=1S/C15H17N3O2S/c1-3-10-7-11-14(16-9-17-15(11)21-10)18-12(8-19-2)13-5-4-6-20-13/h4-7,9,12H,3,8H2,1-2H3,(H,16,17,18). The van der Waals surface area contributed by atoms with E-state index in [0.29, 0.717) is 6.61 Å². The molecule has 0 saturated heterocycles. The van der Waals surface area contributed by atoms with Crippen molar-refractivity contribution >= 4 is 27.4 Å². The molecule has 0 saturated carbocycles. The van der Waals surface area contributed by atoms with Gasteiger partial charge in [0.15, 0.2) is 0 Å². The molecule has 1 N–H and O–H groups in total. The molecule has 3 heterocycles. The molecule has 0 aliphatic rings. The fourth-order valence-electron chi connectivity index (χ4n) is 2.21. The van der Waals surface area contributed by atoms with Crippen molar-refractivity contribution in [3.63, 3.8) is 0 Å². The number of nitrogens with one attached hydrogen (secondary N) is 1. The van der Waals surface area contributed by atoms with E-state index in [-0.39, 0.29) is 6.04 Å². The molecule has 0 spiro atoms. The Kier molecular flexibility index (Phi) is 4.17. The first-order chi connectivity index (χ1) is 10.3. The summed E-state index contributed by atoms with van der Waals surface area (Å²) in [6.45, 7) is 2.64. The minimum Gasteiger partial charge on any atom is -0.467 e. The number of fused-ring (bicyclic) bond motifs is 1. The minimum absolute atomic E-state index is 0.0759. The molecular formula is C15H17N3O2S. The summed E-state index contributed by atoms with van der Waals surface area (Å²) in [7, 11) is 1.67. The van der Waals surface area contributed by atoms with Crippen LogP contribution in [0.1, 0.15) is 23.6 Å². The lowest BCUT2D eigenvalue weighted by Crippen LogP contribution is -2.16. The Balaban J connectivity index is 1.93. The topological polar surface area (TPSA) is 60.2 Å². The van der Waals surface area contributed by atoms with E-state index in [4.69, 9.17) is 9.15 Å². The number of rotatable bonds is 6. The van der Waals surface area contributed by atoms with Gasteiger partial charge in [0.2, 0.25) is 0 Å². The third-order valence-corrected chi connectivity index (χ3v) is 4.45. The van der Waals surface area contributed by atoms with E-state index in [0.717, 1.165) is 28.2 Å². The second-order valence-corrected chi connectivity index (χ2v) is 5.79. The van der Waals surface area contributed by atoms with Crippen LogP contribution in [0.25, 0.3) is 10.2 Å². The van der Waals surface area contributed by atoms with Crippen molar-refractivity contribution in [1.29, 1.82) is 0 Å². The third kappa shape index (κ3) is 2.91. The first-order valence-electron chi connectivity index (χ1n) is 6.84. The molecular weight excluding hydrogens is 286 g/mol. The van der Waals surface area contributed by atoms with Gasteiger partial charge in [0, 0.05) is 12.0 Å². The Morgan fingerprint density at radius 1 is 1.43 bits per heavy atom. The molecule has 0 radical (unpaired) electrons. The molecule has 1 atom stereocenters. The van der Waals surface area contributed by atoms with Crippen molar-refractivity contribution < 1.29 is 9.15 Å². The Morgan fingerprint density at radius 2 is 2.33 bits per heavy atom. The summed E-state index contributed by atoms with van der Waals surface area (Å²) in [5.74, 6) is 1.64. The van der Waals surface area contributed by atoms with Crippen molar-refractivity contribution in [2.75, 3.05) is 19.0 Å². The zero-order valence-electron chi connectivity index (χ0n) is 12.0. The number of nitrogens with zero attached hydrogens (tertiary/aromatic N) is 2. The normalized spacial score (nSPS) is 12.7. The van der Waals surface area contributed by atoms with E-state index in [1.54, 1.807) is 31.0 Å². The number of aromatic nitrogens is 2. The van der Waals surface area contributed by atoms with Gasteiger partial charge in [-0.3, -0.25) is 0 Å². The van der Waals surface area contributed by atoms with Gasteiger partial charge in [-0.05, 0) is 24.6 Å². The summed E-state index contributed by atoms with van der Waals surface area (Å²) in [5, 5.41) is 4.45. The van der Waals surface area contributed by atoms with E-state index >= 15 is 0 Å². The first-order valence-corrected chi connectivity index (χ1v) is 7.65. The van der Waals surface area contributed by atoms with Crippen molar-refractivity contribution in [1.82, 2.24) is 9.97 Å². The highest BCUT2D eigenvalue weighted by molar-refractivity contribution is 7.18. The van der Waals surface area contributed by atoms with Crippen molar-refractivity contribution in [2.45, 2.75) is 19.4 Å². The summed E-state index contributed by atoms with van der Waals surface area (Å²) in [4.78, 5) is 11.0. The lowest BCUT2D eigenvalue weighted by molar-refractivity contribution is 0.178. The van der Waals surface area contributed by atoms with Crippen molar-refractivity contribution in [3.05, 3.63) is 41.4 Å². The zero-order chi connectivity index (χ0) is 14.7. The van der Waals surface area contributed by atoms with Crippen molar-refractivity contribution in [2.24, 2.45) is 0 Å². The van der Waals surface area contributed by atoms with Crippen molar-refractivity contribution in [3.8, 4) is 0 Å². The molecule has 0 amide bonds. The molecule has 0 fully saturated rings. The number of thiophene rings is 1. The molecule has 0 aromatic carbocycles. The number of methoxy groups -OCH3 is 1. The number of hydrogen-bond acceptors (Lipinski definition) is 6. The summed E-state index contributed by atoms with van der Waals surface area (Å²) in [6.07, 6.45) is 4.25. The molecule has 0 aliphatic carbocycles. The quantitative estimate of drug-likeness (QED) is 0.753. The molecule has 3 aromatic rings. The summed E-state index contributed by atoms with van der Waals surface area (Å²) < 4.78 is 10.8. The van der Waals surface area contributed by atoms with Gasteiger partial charge < -0.3 is 14.5 Å². The Bertz CT molecular complexity index is 709. The van der Waals surface area contributed by atoms with Crippen LogP contribution in [0.2, 0.25) is 0 Å². The van der Waals surface area contributed by atoms with Gasteiger partial charge in [-0.15, -0.1) is 11.3 Å². The van der Waals surface area contributed by atoms with Gasteiger partial charge in [-0.25, -0.2) is 9.97 Å². The van der Waals surface area contributed by atoms with Gasteiger partial charge in [0.25, 0.3) is 0 Å². The Morgan fingerprint density at radius 3 is 3.05 bits per heavy atom. The van der Waals surface area contributed by atoms with Gasteiger partial charge in [0.05, 0.1) is 18.3 Å². The summed E-state index contributed by atoms with van der Waals surface area (Å²) in [5.41, 5.74) is 0. The number of anilines is 1. The fourth-order valence-corrected chi connectivity index (χ4v) is 3.15. The molecule has 0 bridgehead atoms. The average Bonchev–Trinajstić information content (AvgIpc) is 3.16. The van der Waals surface area contributed by atoms with Gasteiger partial charge in [-0.1, -0.05) is 6.92 Å². The maximum Gasteiger partial charge on any atom is 0.138 e. The number of hydrogen-bond donors (Lipinski definition) is 1. The summed E-state index contributed by atoms with van der Waals surface area (Å²) in [6, 6.07) is 5.87. The van der Waals surface area contributed by atoms with Crippen LogP contribution in [0, 0.1) is 0 Å². The molecule has 1 unspecified atom stereocenters. The molecule has 3 rings (SSSR count). The fraction of sp³-hybridized carbons (Fsp3) is 0.333. The maximum atomic E-state index is 5.48. The zero-order valence-corrected chi connectivity index (χ0v) is 12.8. The van der Waals surface area contributed by atoms with Crippen LogP contribution in [0.5, 0.6) is 0 Å². The second-order valence-electron chi connectivity index (χ2n) is 4.68. The highest BCUT2D eigenvalue weighted by Gasteiger charge is 2.17. The number of furan rings is 1. The predicted molar refractivity (Wildman–Crippen MR) is 83.7 cm³/mol. The molecule has 110 valence electrons. The van der Waals surface area contributed by atoms with Crippen LogP contribution < -0.4 is 5.32 Å². The van der Waals surface area contributed by atoms with Crippen LogP contribution >= 0.6 is 11.3 Å². The number of aryl methyl sites for hydroxylation is 1. The highest BCUT2D eigenvalue weighted by Crippen LogP contribution is 2.30. The van der Waals surface area contributed by atoms with Crippen LogP contribution in [-0.4, -0.2) is 23.7 Å². The largest absolute Gasteiger partial charge is 0.467 e. The van der Waals surface area contributed by atoms with E-state index in [2.05, 4.69) is 28.3 Å². The lowest BCUT2D eigenvalue weighted by atomic mass is 10.2. The Hall–Kier alpha value is -1.92. The molecule has 0 aliphatic heterocycles. The first kappa shape index (κ1) is 14.0. The van der Waals surface area contributed by atoms with E-state index in [1.165, 1.54) is 4.88 Å². The van der Waals surface area contributed by atoms with Gasteiger partial charge in [0.1, 0.15) is 28.8 Å². The van der Waals surface area contributed by atoms with Crippen LogP contribution in [0.15, 0.2) is 35.2 Å². The maximum absolute atomic E-state index is 5.48. The molecule has 21 heavy (non-hydrogen) atoms. The number of ether oxygens (including phenoxy) is 1. The average molecular weight is 303 g/mol. The van der Waals surface area contributed by atoms with E-state index in [1.807, 2.05) is 12.1 Å². The van der Waals surface area contributed by atoms with Gasteiger partial charge in [-0.2, -0.15) is 0 Å². The smallest absolute Gasteiger partial charge is 0.138 e. The summed E-state index contributed by atoms with van der Waals surface area (Å²) >= 11 is 1.70. The SMILES string of the molecule is CCc1cc2c(NC(COC)c3ccco3)ncnc2s1. The monoisotopic (exact) mass is 303 g/mol. The third-order valence-electron chi connectivity index (χ3n) is 3.26. The molecule has 6 heteroatoms. The lowest BCUT2D eigenvalue weighted by Gasteiger charge is -2.16. The van der Waals surface area contributed by atoms with E-state index in [9.17, 15) is 0 Å². The highest BCUT2D eigenvalue weighted by atomic mass is 32.1.